The van der Waals surface area contributed by atoms with E-state index in [-0.39, 0.29) is 48.4 Å². The van der Waals surface area contributed by atoms with E-state index in [9.17, 15) is 0 Å². The average molecular weight is 242 g/mol. The summed E-state index contributed by atoms with van der Waals surface area (Å²) in [6, 6.07) is 0. The Morgan fingerprint density at radius 3 is 1.20 bits per heavy atom. The molecule has 0 N–H and O–H groups in total. The first kappa shape index (κ1) is 32.7. The first-order chi connectivity index (χ1) is 1.00. The van der Waals surface area contributed by atoms with Gasteiger partial charge in [-0.05, 0) is 0 Å². The molecule has 0 aliphatic heterocycles. The van der Waals surface area contributed by atoms with Crippen molar-refractivity contribution < 1.29 is 26.8 Å². The van der Waals surface area contributed by atoms with E-state index < -0.39 is 0 Å². The molecule has 0 aliphatic carbocycles. The van der Waals surface area contributed by atoms with Crippen LogP contribution in [0.15, 0.2) is 0 Å². The van der Waals surface area contributed by atoms with E-state index >= 15 is 0 Å². The van der Waals surface area contributed by atoms with E-state index in [2.05, 4.69) is 12.5 Å². The second-order valence-corrected chi connectivity index (χ2v) is 0. The molecule has 0 heterocycles. The molecule has 0 unspecified atom stereocenters. The first-order valence-electron chi connectivity index (χ1n) is 0.167. The van der Waals surface area contributed by atoms with Gasteiger partial charge in [0.15, 0.2) is 12.5 Å². The van der Waals surface area contributed by atoms with E-state index in [0.29, 0.717) is 0 Å². The van der Waals surface area contributed by atoms with Crippen LogP contribution in [0.25, 0.3) is 0 Å². The van der Waals surface area contributed by atoms with Crippen LogP contribution in [0.2, 0.25) is 0 Å². The van der Waals surface area contributed by atoms with Crippen molar-refractivity contribution in [2.75, 3.05) is 0 Å². The minimum absolute atomic E-state index is 0. The van der Waals surface area contributed by atoms with Crippen molar-refractivity contribution in [3.05, 3.63) is 0 Å². The van der Waals surface area contributed by atoms with Gasteiger partial charge in [-0.25, -0.2) is 0 Å². The monoisotopic (exact) mass is 242 g/mol. The number of hydrogen-bond donors (Lipinski definition) is 0. The molecule has 2 nitrogen and oxygen atoms in total. The van der Waals surface area contributed by atoms with Crippen LogP contribution in [0.1, 0.15) is 0 Å². The Labute approximate surface area is 64.8 Å². The van der Waals surface area contributed by atoms with E-state index in [1.807, 2.05) is 0 Å². The van der Waals surface area contributed by atoms with Gasteiger partial charge >= 0.3 is 42.9 Å². The quantitative estimate of drug-likeness (QED) is 0.520. The van der Waals surface area contributed by atoms with Gasteiger partial charge in [0.2, 0.25) is 0 Å². The van der Waals surface area contributed by atoms with Gasteiger partial charge in [0.1, 0.15) is 0 Å². The molecule has 0 spiro atoms. The third-order valence-electron chi connectivity index (χ3n) is 0. The fourth-order valence-electron chi connectivity index (χ4n) is 0. The maximum Gasteiger partial charge on any atom is 3.00 e. The summed E-state index contributed by atoms with van der Waals surface area (Å²) in [5, 5.41) is 0. The molecule has 0 saturated carbocycles. The zero-order valence-corrected chi connectivity index (χ0v) is 7.16. The van der Waals surface area contributed by atoms with Gasteiger partial charge in [-0.3, -0.25) is 0 Å². The van der Waals surface area contributed by atoms with Crippen molar-refractivity contribution in [1.82, 2.24) is 0 Å². The van der Waals surface area contributed by atoms with Crippen molar-refractivity contribution >= 4 is 38.4 Å². The standard InChI is InChI=1S/Cu.In.OS.O/c;;1-2;/q+2;+3;;-2. The van der Waals surface area contributed by atoms with E-state index in [1.54, 1.807) is 0 Å². The fraction of sp³-hybridized carbons (Fsp3) is 0. The van der Waals surface area contributed by atoms with Gasteiger partial charge in [-0.2, -0.15) is 4.21 Å². The summed E-state index contributed by atoms with van der Waals surface area (Å²) >= 11 is 2.83. The van der Waals surface area contributed by atoms with Gasteiger partial charge < -0.3 is 5.48 Å². The molecule has 0 saturated heterocycles. The SMILES string of the molecule is O=S.[Cu+2].[In+3].[O-2]. The zero-order valence-electron chi connectivity index (χ0n) is 2.10. The summed E-state index contributed by atoms with van der Waals surface area (Å²) in [6.45, 7) is 0. The predicted molar refractivity (Wildman–Crippen MR) is 14.6 cm³/mol. The molecule has 0 aromatic rings. The van der Waals surface area contributed by atoms with Crippen LogP contribution in [0.4, 0.5) is 0 Å². The molecule has 5 heavy (non-hydrogen) atoms. The zero-order chi connectivity index (χ0) is 2.00. The molecule has 29 valence electrons. The maximum absolute atomic E-state index is 7.83. The van der Waals surface area contributed by atoms with Crippen molar-refractivity contribution in [2.24, 2.45) is 0 Å². The van der Waals surface area contributed by atoms with Crippen LogP contribution in [-0.2, 0) is 35.1 Å². The second-order valence-electron chi connectivity index (χ2n) is 0. The molecule has 1 radical (unpaired) electrons. The summed E-state index contributed by atoms with van der Waals surface area (Å²) in [5.74, 6) is 0. The van der Waals surface area contributed by atoms with E-state index in [4.69, 9.17) is 4.21 Å². The third kappa shape index (κ3) is 32.5. The van der Waals surface area contributed by atoms with Gasteiger partial charge in [-0.15, -0.1) is 0 Å². The number of rotatable bonds is 0. The van der Waals surface area contributed by atoms with Gasteiger partial charge in [0, 0.05) is 0 Å². The van der Waals surface area contributed by atoms with Crippen LogP contribution >= 0.6 is 0 Å². The summed E-state index contributed by atoms with van der Waals surface area (Å²) < 4.78 is 7.83. The molecular weight excluding hydrogens is 242 g/mol. The first-order valence-corrected chi connectivity index (χ1v) is 0.500. The Morgan fingerprint density at radius 1 is 1.20 bits per heavy atom. The van der Waals surface area contributed by atoms with Crippen molar-refractivity contribution in [1.29, 1.82) is 0 Å². The van der Waals surface area contributed by atoms with Crippen LogP contribution in [0.5, 0.6) is 0 Å². The molecule has 0 atom stereocenters. The minimum atomic E-state index is 0. The Balaban J connectivity index is -0.00000000167. The maximum atomic E-state index is 7.83. The van der Waals surface area contributed by atoms with E-state index in [0.717, 1.165) is 0 Å². The van der Waals surface area contributed by atoms with Crippen molar-refractivity contribution in [3.63, 3.8) is 0 Å². The molecule has 5 heteroatoms. The van der Waals surface area contributed by atoms with Gasteiger partial charge in [0.05, 0.1) is 0 Å². The summed E-state index contributed by atoms with van der Waals surface area (Å²) in [6.07, 6.45) is 0. The Kier molecular flexibility index (Phi) is 358. The van der Waals surface area contributed by atoms with Gasteiger partial charge in [-0.1, -0.05) is 0 Å². The Hall–Kier alpha value is 1.37. The molecule has 0 amide bonds. The Morgan fingerprint density at radius 2 is 1.20 bits per heavy atom. The predicted octanol–water partition coefficient (Wildman–Crippen LogP) is -0.838. The van der Waals surface area contributed by atoms with Crippen LogP contribution in [0, 0.1) is 0 Å². The third-order valence-corrected chi connectivity index (χ3v) is 0. The summed E-state index contributed by atoms with van der Waals surface area (Å²) in [5.41, 5.74) is 0. The molecule has 0 aromatic heterocycles. The largest absolute Gasteiger partial charge is 3.00 e. The fourth-order valence-corrected chi connectivity index (χ4v) is 0. The Bertz CT molecular complexity index is 9.61. The summed E-state index contributed by atoms with van der Waals surface area (Å²) in [7, 11) is 0. The summed E-state index contributed by atoms with van der Waals surface area (Å²) in [4.78, 5) is 0. The molecule has 0 bridgehead atoms. The van der Waals surface area contributed by atoms with Crippen molar-refractivity contribution in [2.45, 2.75) is 0 Å². The average Bonchev–Trinajstić information content (AvgIpc) is 1.00. The smallest absolute Gasteiger partial charge is 2.00 e. The molecule has 0 fully saturated rings. The van der Waals surface area contributed by atoms with E-state index in [1.165, 1.54) is 0 Å². The number of hydrogen-bond acceptors (Lipinski definition) is 2. The second kappa shape index (κ2) is 54.7. The molecule has 0 rings (SSSR count). The van der Waals surface area contributed by atoms with Crippen LogP contribution in [0.3, 0.4) is 0 Å². The normalized spacial score (nSPS) is 0.800. The van der Waals surface area contributed by atoms with Crippen molar-refractivity contribution in [3.8, 4) is 0 Å². The molecule has 0 aromatic carbocycles. The minimum Gasteiger partial charge on any atom is -2.00 e. The molecule has 0 aliphatic rings. The van der Waals surface area contributed by atoms with Gasteiger partial charge in [0.25, 0.3) is 0 Å². The topological polar surface area (TPSA) is 45.6 Å². The molecular formula is CuInO2S+3. The van der Waals surface area contributed by atoms with Crippen LogP contribution in [-0.4, -0.2) is 30.1 Å². The van der Waals surface area contributed by atoms with Crippen LogP contribution < -0.4 is 0 Å².